The fourth-order valence-corrected chi connectivity index (χ4v) is 1.87. The van der Waals surface area contributed by atoms with Gasteiger partial charge in [-0.05, 0) is 12.1 Å². The van der Waals surface area contributed by atoms with Gasteiger partial charge in [0.15, 0.2) is 0 Å². The van der Waals surface area contributed by atoms with E-state index in [9.17, 15) is 4.79 Å². The molecular weight excluding hydrogens is 200 g/mol. The molecule has 2 heterocycles. The van der Waals surface area contributed by atoms with Gasteiger partial charge < -0.3 is 9.67 Å². The minimum absolute atomic E-state index is 0.271. The third-order valence-electron chi connectivity index (χ3n) is 2.04. The van der Waals surface area contributed by atoms with Crippen LogP contribution in [0.5, 0.6) is 0 Å². The lowest BCUT2D eigenvalue weighted by atomic mass is 10.3. The summed E-state index contributed by atoms with van der Waals surface area (Å²) in [7, 11) is 1.72. The first-order chi connectivity index (χ1) is 6.70. The Balaban J connectivity index is 2.52. The number of carboxylic acids is 1. The molecule has 5 heteroatoms. The number of rotatable bonds is 2. The second-order valence-corrected chi connectivity index (χ2v) is 3.56. The van der Waals surface area contributed by atoms with Gasteiger partial charge in [0.2, 0.25) is 0 Å². The molecule has 0 radical (unpaired) electrons. The molecule has 0 saturated heterocycles. The number of aromatic nitrogens is 2. The van der Waals surface area contributed by atoms with E-state index in [1.54, 1.807) is 29.3 Å². The Morgan fingerprint density at radius 3 is 2.86 bits per heavy atom. The van der Waals surface area contributed by atoms with E-state index in [1.807, 2.05) is 5.38 Å². The van der Waals surface area contributed by atoms with Gasteiger partial charge in [0, 0.05) is 12.4 Å². The Morgan fingerprint density at radius 2 is 2.36 bits per heavy atom. The molecule has 2 rings (SSSR count). The number of carbonyl (C=O) groups is 1. The van der Waals surface area contributed by atoms with Crippen LogP contribution in [0.15, 0.2) is 23.0 Å². The van der Waals surface area contributed by atoms with Gasteiger partial charge in [0.05, 0.1) is 16.9 Å². The summed E-state index contributed by atoms with van der Waals surface area (Å²) in [5.74, 6) is -0.922. The quantitative estimate of drug-likeness (QED) is 0.819. The molecule has 0 saturated carbocycles. The fourth-order valence-electron chi connectivity index (χ4n) is 1.32. The average molecular weight is 208 g/mol. The minimum atomic E-state index is -0.922. The highest BCUT2D eigenvalue weighted by Crippen LogP contribution is 2.20. The molecule has 14 heavy (non-hydrogen) atoms. The van der Waals surface area contributed by atoms with Crippen LogP contribution >= 0.6 is 11.3 Å². The summed E-state index contributed by atoms with van der Waals surface area (Å²) in [6.07, 6.45) is 0. The maximum atomic E-state index is 10.8. The minimum Gasteiger partial charge on any atom is -0.477 e. The molecule has 0 atom stereocenters. The SMILES string of the molecule is Cn1c(C(=O)O)ccc1-c1cscn1. The van der Waals surface area contributed by atoms with Crippen LogP contribution in [-0.2, 0) is 7.05 Å². The van der Waals surface area contributed by atoms with Gasteiger partial charge in [-0.15, -0.1) is 11.3 Å². The summed E-state index contributed by atoms with van der Waals surface area (Å²) in [6.45, 7) is 0. The van der Waals surface area contributed by atoms with Gasteiger partial charge in [-0.25, -0.2) is 9.78 Å². The van der Waals surface area contributed by atoms with E-state index in [4.69, 9.17) is 5.11 Å². The lowest BCUT2D eigenvalue weighted by Crippen LogP contribution is -2.05. The first-order valence-electron chi connectivity index (χ1n) is 3.97. The van der Waals surface area contributed by atoms with Crippen LogP contribution in [0, 0.1) is 0 Å². The Hall–Kier alpha value is -1.62. The first-order valence-corrected chi connectivity index (χ1v) is 4.92. The summed E-state index contributed by atoms with van der Waals surface area (Å²) < 4.78 is 1.62. The number of nitrogens with zero attached hydrogens (tertiary/aromatic N) is 2. The zero-order valence-electron chi connectivity index (χ0n) is 7.47. The van der Waals surface area contributed by atoms with E-state index in [0.29, 0.717) is 0 Å². The van der Waals surface area contributed by atoms with Gasteiger partial charge >= 0.3 is 5.97 Å². The zero-order chi connectivity index (χ0) is 10.1. The van der Waals surface area contributed by atoms with Crippen molar-refractivity contribution >= 4 is 17.3 Å². The van der Waals surface area contributed by atoms with Crippen LogP contribution in [0.1, 0.15) is 10.5 Å². The molecule has 0 aliphatic rings. The van der Waals surface area contributed by atoms with Crippen molar-refractivity contribution in [2.24, 2.45) is 7.05 Å². The zero-order valence-corrected chi connectivity index (χ0v) is 8.28. The number of thiazole rings is 1. The van der Waals surface area contributed by atoms with E-state index in [-0.39, 0.29) is 5.69 Å². The Morgan fingerprint density at radius 1 is 1.57 bits per heavy atom. The lowest BCUT2D eigenvalue weighted by molar-refractivity contribution is 0.0687. The molecule has 0 fully saturated rings. The third kappa shape index (κ3) is 1.31. The van der Waals surface area contributed by atoms with Crippen molar-refractivity contribution in [3.05, 3.63) is 28.7 Å². The molecule has 1 N–H and O–H groups in total. The van der Waals surface area contributed by atoms with E-state index < -0.39 is 5.97 Å². The van der Waals surface area contributed by atoms with E-state index >= 15 is 0 Å². The van der Waals surface area contributed by atoms with Crippen LogP contribution in [0.3, 0.4) is 0 Å². The third-order valence-corrected chi connectivity index (χ3v) is 2.62. The first kappa shape index (κ1) is 8.96. The molecule has 4 nitrogen and oxygen atoms in total. The maximum Gasteiger partial charge on any atom is 0.352 e. The van der Waals surface area contributed by atoms with Crippen molar-refractivity contribution in [1.29, 1.82) is 0 Å². The van der Waals surface area contributed by atoms with Crippen molar-refractivity contribution in [3.8, 4) is 11.4 Å². The topological polar surface area (TPSA) is 55.1 Å². The summed E-state index contributed by atoms with van der Waals surface area (Å²) >= 11 is 1.49. The highest BCUT2D eigenvalue weighted by molar-refractivity contribution is 7.07. The van der Waals surface area contributed by atoms with Gasteiger partial charge in [0.1, 0.15) is 5.69 Å². The van der Waals surface area contributed by atoms with E-state index in [1.165, 1.54) is 11.3 Å². The monoisotopic (exact) mass is 208 g/mol. The molecule has 0 spiro atoms. The summed E-state index contributed by atoms with van der Waals surface area (Å²) in [6, 6.07) is 3.34. The highest BCUT2D eigenvalue weighted by Gasteiger charge is 2.12. The molecule has 0 aromatic carbocycles. The van der Waals surface area contributed by atoms with Crippen LogP contribution in [0.2, 0.25) is 0 Å². The molecule has 0 aliphatic heterocycles. The largest absolute Gasteiger partial charge is 0.477 e. The predicted molar refractivity (Wildman–Crippen MR) is 53.5 cm³/mol. The van der Waals surface area contributed by atoms with Crippen LogP contribution in [0.25, 0.3) is 11.4 Å². The second kappa shape index (κ2) is 3.26. The summed E-state index contributed by atoms with van der Waals surface area (Å²) in [5, 5.41) is 10.7. The normalized spacial score (nSPS) is 10.4. The molecule has 2 aromatic heterocycles. The second-order valence-electron chi connectivity index (χ2n) is 2.84. The summed E-state index contributed by atoms with van der Waals surface area (Å²) in [4.78, 5) is 14.9. The van der Waals surface area contributed by atoms with Gasteiger partial charge in [-0.1, -0.05) is 0 Å². The Bertz CT molecular complexity index is 459. The molecule has 2 aromatic rings. The lowest BCUT2D eigenvalue weighted by Gasteiger charge is -2.01. The smallest absolute Gasteiger partial charge is 0.352 e. The van der Waals surface area contributed by atoms with Crippen molar-refractivity contribution < 1.29 is 9.90 Å². The number of carboxylic acid groups (broad SMARTS) is 1. The van der Waals surface area contributed by atoms with E-state index in [0.717, 1.165) is 11.4 Å². The fraction of sp³-hybridized carbons (Fsp3) is 0.111. The van der Waals surface area contributed by atoms with Crippen molar-refractivity contribution in [2.75, 3.05) is 0 Å². The van der Waals surface area contributed by atoms with Gasteiger partial charge in [-0.3, -0.25) is 0 Å². The maximum absolute atomic E-state index is 10.8. The molecule has 0 aliphatic carbocycles. The predicted octanol–water partition coefficient (Wildman–Crippen LogP) is 1.85. The Labute approximate surface area is 84.5 Å². The summed E-state index contributed by atoms with van der Waals surface area (Å²) in [5.41, 5.74) is 3.63. The van der Waals surface area contributed by atoms with E-state index in [2.05, 4.69) is 4.98 Å². The van der Waals surface area contributed by atoms with Crippen LogP contribution < -0.4 is 0 Å². The van der Waals surface area contributed by atoms with Gasteiger partial charge in [0.25, 0.3) is 0 Å². The van der Waals surface area contributed by atoms with Crippen molar-refractivity contribution in [1.82, 2.24) is 9.55 Å². The molecule has 72 valence electrons. The Kier molecular flexibility index (Phi) is 2.09. The molecular formula is C9H8N2O2S. The molecule has 0 bridgehead atoms. The van der Waals surface area contributed by atoms with Crippen LogP contribution in [-0.4, -0.2) is 20.6 Å². The van der Waals surface area contributed by atoms with Gasteiger partial charge in [-0.2, -0.15) is 0 Å². The van der Waals surface area contributed by atoms with Crippen molar-refractivity contribution in [2.45, 2.75) is 0 Å². The molecule has 0 amide bonds. The van der Waals surface area contributed by atoms with Crippen molar-refractivity contribution in [3.63, 3.8) is 0 Å². The van der Waals surface area contributed by atoms with Crippen LogP contribution in [0.4, 0.5) is 0 Å². The standard InChI is InChI=1S/C9H8N2O2S/c1-11-7(6-4-14-5-10-6)2-3-8(11)9(12)13/h2-5H,1H3,(H,12,13). The highest BCUT2D eigenvalue weighted by atomic mass is 32.1. The number of aromatic carboxylic acids is 1. The number of hydrogen-bond donors (Lipinski definition) is 1. The average Bonchev–Trinajstić information content (AvgIpc) is 2.71. The number of hydrogen-bond acceptors (Lipinski definition) is 3. The molecule has 0 unspecified atom stereocenters.